The molecule has 16 heavy (non-hydrogen) atoms. The van der Waals surface area contributed by atoms with Gasteiger partial charge in [-0.2, -0.15) is 0 Å². The van der Waals surface area contributed by atoms with Crippen molar-refractivity contribution in [3.05, 3.63) is 29.5 Å². The van der Waals surface area contributed by atoms with E-state index in [1.807, 2.05) is 6.07 Å². The molecule has 0 atom stereocenters. The molecule has 0 amide bonds. The average Bonchev–Trinajstić information content (AvgIpc) is 2.60. The molecule has 5 nitrogen and oxygen atoms in total. The number of anilines is 1. The summed E-state index contributed by atoms with van der Waals surface area (Å²) in [7, 11) is 1.56. The van der Waals surface area contributed by atoms with Crippen molar-refractivity contribution >= 4 is 17.4 Å². The van der Waals surface area contributed by atoms with Crippen LogP contribution < -0.4 is 16.3 Å². The number of nitrogens with zero attached hydrogens (tertiary/aromatic N) is 2. The molecule has 0 radical (unpaired) electrons. The van der Waals surface area contributed by atoms with Gasteiger partial charge in [0, 0.05) is 5.56 Å². The molecule has 2 aromatic rings. The maximum atomic E-state index is 6.01. The number of nitrogens with two attached hydrogens (primary N) is 2. The number of rotatable bonds is 2. The van der Waals surface area contributed by atoms with Gasteiger partial charge in [0.25, 0.3) is 0 Å². The highest BCUT2D eigenvalue weighted by Gasteiger charge is 2.10. The van der Waals surface area contributed by atoms with E-state index in [0.29, 0.717) is 22.3 Å². The average molecular weight is 239 g/mol. The number of nitrogen functional groups attached to an aromatic ring is 2. The summed E-state index contributed by atoms with van der Waals surface area (Å²) >= 11 is 6.01. The molecule has 0 saturated carbocycles. The largest absolute Gasteiger partial charge is 0.495 e. The predicted octanol–water partition coefficient (Wildman–Crippen LogP) is 1.51. The molecular formula is C10H11ClN4O. The summed E-state index contributed by atoms with van der Waals surface area (Å²) in [5, 5.41) is 0.506. The van der Waals surface area contributed by atoms with E-state index >= 15 is 0 Å². The van der Waals surface area contributed by atoms with Crippen LogP contribution in [0.2, 0.25) is 5.02 Å². The SMILES string of the molecule is COc1ccc(-c2ncn(N)c2N)cc1Cl. The monoisotopic (exact) mass is 238 g/mol. The number of hydrogen-bond donors (Lipinski definition) is 2. The third-order valence-electron chi connectivity index (χ3n) is 2.26. The molecule has 0 saturated heterocycles. The zero-order chi connectivity index (χ0) is 11.7. The number of ether oxygens (including phenoxy) is 1. The van der Waals surface area contributed by atoms with Crippen molar-refractivity contribution in [2.75, 3.05) is 18.7 Å². The lowest BCUT2D eigenvalue weighted by Gasteiger charge is -2.05. The minimum absolute atomic E-state index is 0.390. The second-order valence-corrected chi connectivity index (χ2v) is 3.64. The van der Waals surface area contributed by atoms with Crippen LogP contribution in [-0.2, 0) is 0 Å². The van der Waals surface area contributed by atoms with Gasteiger partial charge >= 0.3 is 0 Å². The zero-order valence-corrected chi connectivity index (χ0v) is 9.40. The molecular weight excluding hydrogens is 228 g/mol. The smallest absolute Gasteiger partial charge is 0.150 e. The summed E-state index contributed by atoms with van der Waals surface area (Å²) in [5.41, 5.74) is 7.16. The Kier molecular flexibility index (Phi) is 2.62. The Morgan fingerprint density at radius 1 is 1.44 bits per heavy atom. The fourth-order valence-electron chi connectivity index (χ4n) is 1.41. The van der Waals surface area contributed by atoms with Crippen molar-refractivity contribution in [3.8, 4) is 17.0 Å². The van der Waals surface area contributed by atoms with E-state index in [1.165, 1.54) is 11.0 Å². The van der Waals surface area contributed by atoms with Gasteiger partial charge in [0.15, 0.2) is 0 Å². The molecule has 1 aromatic heterocycles. The van der Waals surface area contributed by atoms with Crippen molar-refractivity contribution in [2.45, 2.75) is 0 Å². The second-order valence-electron chi connectivity index (χ2n) is 3.24. The predicted molar refractivity (Wildman–Crippen MR) is 63.8 cm³/mol. The minimum atomic E-state index is 0.390. The van der Waals surface area contributed by atoms with Gasteiger partial charge in [0.1, 0.15) is 23.6 Å². The first-order valence-corrected chi connectivity index (χ1v) is 4.93. The van der Waals surface area contributed by atoms with E-state index in [9.17, 15) is 0 Å². The number of imidazole rings is 1. The minimum Gasteiger partial charge on any atom is -0.495 e. The van der Waals surface area contributed by atoms with Gasteiger partial charge in [-0.05, 0) is 18.2 Å². The maximum absolute atomic E-state index is 6.01. The molecule has 0 unspecified atom stereocenters. The van der Waals surface area contributed by atoms with Crippen molar-refractivity contribution in [3.63, 3.8) is 0 Å². The fraction of sp³-hybridized carbons (Fsp3) is 0.100. The highest BCUT2D eigenvalue weighted by atomic mass is 35.5. The normalized spacial score (nSPS) is 10.4. The van der Waals surface area contributed by atoms with Gasteiger partial charge in [-0.15, -0.1) is 0 Å². The lowest BCUT2D eigenvalue weighted by molar-refractivity contribution is 0.415. The summed E-state index contributed by atoms with van der Waals surface area (Å²) in [6.45, 7) is 0. The maximum Gasteiger partial charge on any atom is 0.150 e. The highest BCUT2D eigenvalue weighted by molar-refractivity contribution is 6.32. The molecule has 0 spiro atoms. The van der Waals surface area contributed by atoms with Gasteiger partial charge in [0.05, 0.1) is 12.1 Å². The first-order valence-electron chi connectivity index (χ1n) is 4.55. The van der Waals surface area contributed by atoms with Gasteiger partial charge in [-0.3, -0.25) is 0 Å². The molecule has 0 aliphatic rings. The molecule has 0 bridgehead atoms. The lowest BCUT2D eigenvalue weighted by Crippen LogP contribution is -2.09. The van der Waals surface area contributed by atoms with Crippen LogP contribution in [0.5, 0.6) is 5.75 Å². The van der Waals surface area contributed by atoms with Gasteiger partial charge < -0.3 is 16.3 Å². The number of halogens is 1. The molecule has 6 heteroatoms. The lowest BCUT2D eigenvalue weighted by atomic mass is 10.1. The molecule has 1 aromatic carbocycles. The number of hydrogen-bond acceptors (Lipinski definition) is 4. The number of benzene rings is 1. The standard InChI is InChI=1S/C10H11ClN4O/c1-16-8-3-2-6(4-7(8)11)9-10(12)15(13)5-14-9/h2-5H,12-13H2,1H3. The Morgan fingerprint density at radius 3 is 2.69 bits per heavy atom. The third-order valence-corrected chi connectivity index (χ3v) is 2.55. The summed E-state index contributed by atoms with van der Waals surface area (Å²) < 4.78 is 6.32. The van der Waals surface area contributed by atoms with Crippen LogP contribution in [-0.4, -0.2) is 16.8 Å². The molecule has 84 valence electrons. The first kappa shape index (κ1) is 10.6. The summed E-state index contributed by atoms with van der Waals surface area (Å²) in [6.07, 6.45) is 1.45. The molecule has 0 fully saturated rings. The molecule has 0 aliphatic carbocycles. The first-order chi connectivity index (χ1) is 7.63. The van der Waals surface area contributed by atoms with Crippen LogP contribution in [0.1, 0.15) is 0 Å². The number of aromatic nitrogens is 2. The van der Waals surface area contributed by atoms with E-state index in [1.54, 1.807) is 19.2 Å². The Balaban J connectivity index is 2.49. The topological polar surface area (TPSA) is 79.1 Å². The van der Waals surface area contributed by atoms with Crippen LogP contribution >= 0.6 is 11.6 Å². The summed E-state index contributed by atoms with van der Waals surface area (Å²) in [5.74, 6) is 6.54. The quantitative estimate of drug-likeness (QED) is 0.778. The zero-order valence-electron chi connectivity index (χ0n) is 8.64. The molecule has 2 rings (SSSR count). The number of methoxy groups -OCH3 is 1. The Labute approximate surface area is 97.6 Å². The van der Waals surface area contributed by atoms with E-state index in [-0.39, 0.29) is 0 Å². The second kappa shape index (κ2) is 3.94. The summed E-state index contributed by atoms with van der Waals surface area (Å²) in [4.78, 5) is 4.10. The Morgan fingerprint density at radius 2 is 2.19 bits per heavy atom. The van der Waals surface area contributed by atoms with Gasteiger partial charge in [-0.1, -0.05) is 11.6 Å². The Bertz CT molecular complexity index is 524. The highest BCUT2D eigenvalue weighted by Crippen LogP contribution is 2.31. The van der Waals surface area contributed by atoms with Crippen molar-refractivity contribution < 1.29 is 4.74 Å². The van der Waals surface area contributed by atoms with Crippen LogP contribution in [0, 0.1) is 0 Å². The van der Waals surface area contributed by atoms with E-state index in [2.05, 4.69) is 4.98 Å². The van der Waals surface area contributed by atoms with Crippen molar-refractivity contribution in [2.24, 2.45) is 0 Å². The van der Waals surface area contributed by atoms with Crippen LogP contribution in [0.25, 0.3) is 11.3 Å². The van der Waals surface area contributed by atoms with Crippen molar-refractivity contribution in [1.29, 1.82) is 0 Å². The Hall–Kier alpha value is -1.88. The van der Waals surface area contributed by atoms with Crippen LogP contribution in [0.4, 0.5) is 5.82 Å². The third kappa shape index (κ3) is 1.65. The fourth-order valence-corrected chi connectivity index (χ4v) is 1.66. The van der Waals surface area contributed by atoms with E-state index in [4.69, 9.17) is 27.9 Å². The van der Waals surface area contributed by atoms with Crippen LogP contribution in [0.3, 0.4) is 0 Å². The van der Waals surface area contributed by atoms with Crippen molar-refractivity contribution in [1.82, 2.24) is 9.66 Å². The summed E-state index contributed by atoms with van der Waals surface area (Å²) in [6, 6.07) is 5.31. The molecule has 4 N–H and O–H groups in total. The molecule has 0 aliphatic heterocycles. The van der Waals surface area contributed by atoms with Gasteiger partial charge in [0.2, 0.25) is 0 Å². The van der Waals surface area contributed by atoms with Gasteiger partial charge in [-0.25, -0.2) is 9.66 Å². The van der Waals surface area contributed by atoms with Crippen LogP contribution in [0.15, 0.2) is 24.5 Å². The molecule has 1 heterocycles. The van der Waals surface area contributed by atoms with E-state index < -0.39 is 0 Å². The van der Waals surface area contributed by atoms with E-state index in [0.717, 1.165) is 5.56 Å².